The van der Waals surface area contributed by atoms with Crippen molar-refractivity contribution in [3.8, 4) is 0 Å². The van der Waals surface area contributed by atoms with Crippen molar-refractivity contribution >= 4 is 17.7 Å². The van der Waals surface area contributed by atoms with Gasteiger partial charge in [-0.3, -0.25) is 4.79 Å². The molecule has 1 amide bonds. The quantitative estimate of drug-likeness (QED) is 0.822. The van der Waals surface area contributed by atoms with E-state index in [-0.39, 0.29) is 16.3 Å². The maximum absolute atomic E-state index is 12.8. The number of hydrogen-bond donors (Lipinski definition) is 1. The molecule has 1 heterocycles. The number of nitrogens with one attached hydrogen (secondary N) is 1. The van der Waals surface area contributed by atoms with Gasteiger partial charge in [-0.05, 0) is 32.2 Å². The number of halogens is 1. The van der Waals surface area contributed by atoms with E-state index in [4.69, 9.17) is 0 Å². The highest BCUT2D eigenvalue weighted by Crippen LogP contribution is 2.19. The number of rotatable bonds is 4. The van der Waals surface area contributed by atoms with Crippen molar-refractivity contribution in [1.29, 1.82) is 0 Å². The topological polar surface area (TPSA) is 42.0 Å². The fraction of sp³-hybridized carbons (Fsp3) is 0.455. The highest BCUT2D eigenvalue weighted by atomic mass is 32.2. The number of carbonyl (C=O) groups excluding carboxylic acids is 1. The first-order valence-electron chi connectivity index (χ1n) is 4.90. The van der Waals surface area contributed by atoms with Gasteiger partial charge in [0.15, 0.2) is 0 Å². The van der Waals surface area contributed by atoms with Crippen LogP contribution in [0.3, 0.4) is 0 Å². The molecule has 0 saturated carbocycles. The third-order valence-corrected chi connectivity index (χ3v) is 3.42. The van der Waals surface area contributed by atoms with E-state index in [0.29, 0.717) is 6.54 Å². The zero-order chi connectivity index (χ0) is 12.2. The zero-order valence-electron chi connectivity index (χ0n) is 9.58. The minimum atomic E-state index is -0.642. The maximum Gasteiger partial charge on any atom is 0.270 e. The molecule has 16 heavy (non-hydrogen) atoms. The Hall–Kier alpha value is -1.10. The lowest BCUT2D eigenvalue weighted by atomic mass is 10.2. The van der Waals surface area contributed by atoms with Crippen LogP contribution in [-0.4, -0.2) is 28.4 Å². The molecular weight excluding hydrogens is 227 g/mol. The fourth-order valence-electron chi connectivity index (χ4n) is 0.991. The molecule has 0 radical (unpaired) electrons. The molecule has 88 valence electrons. The average Bonchev–Trinajstić information content (AvgIpc) is 2.26. The SMILES string of the molecule is CSC(C)(C)CNC(=O)c1cccc(F)n1. The van der Waals surface area contributed by atoms with Crippen molar-refractivity contribution in [2.24, 2.45) is 0 Å². The normalized spacial score (nSPS) is 11.2. The molecule has 0 saturated heterocycles. The summed E-state index contributed by atoms with van der Waals surface area (Å²) in [4.78, 5) is 15.1. The molecule has 0 aromatic carbocycles. The predicted molar refractivity (Wildman–Crippen MR) is 64.1 cm³/mol. The first-order chi connectivity index (χ1) is 7.44. The van der Waals surface area contributed by atoms with Gasteiger partial charge in [-0.1, -0.05) is 6.07 Å². The summed E-state index contributed by atoms with van der Waals surface area (Å²) < 4.78 is 12.7. The smallest absolute Gasteiger partial charge is 0.270 e. The summed E-state index contributed by atoms with van der Waals surface area (Å²) in [5, 5.41) is 2.73. The number of hydrogen-bond acceptors (Lipinski definition) is 3. The van der Waals surface area contributed by atoms with Crippen LogP contribution >= 0.6 is 11.8 Å². The van der Waals surface area contributed by atoms with Crippen molar-refractivity contribution < 1.29 is 9.18 Å². The number of carbonyl (C=O) groups is 1. The molecule has 0 unspecified atom stereocenters. The molecule has 0 spiro atoms. The molecule has 0 fully saturated rings. The van der Waals surface area contributed by atoms with Crippen LogP contribution in [0.4, 0.5) is 4.39 Å². The Bertz CT molecular complexity index is 382. The van der Waals surface area contributed by atoms with Crippen LogP contribution < -0.4 is 5.32 Å². The molecule has 5 heteroatoms. The predicted octanol–water partition coefficient (Wildman–Crippen LogP) is 2.09. The molecule has 1 aromatic heterocycles. The molecule has 0 atom stereocenters. The summed E-state index contributed by atoms with van der Waals surface area (Å²) in [6, 6.07) is 4.17. The molecule has 0 bridgehead atoms. The molecule has 1 N–H and O–H groups in total. The van der Waals surface area contributed by atoms with E-state index in [9.17, 15) is 9.18 Å². The van der Waals surface area contributed by atoms with E-state index < -0.39 is 5.95 Å². The van der Waals surface area contributed by atoms with Gasteiger partial charge in [0.1, 0.15) is 5.69 Å². The molecular formula is C11H15FN2OS. The Morgan fingerprint density at radius 1 is 1.56 bits per heavy atom. The van der Waals surface area contributed by atoms with Crippen LogP contribution in [0.2, 0.25) is 0 Å². The van der Waals surface area contributed by atoms with E-state index >= 15 is 0 Å². The van der Waals surface area contributed by atoms with E-state index in [1.54, 1.807) is 11.8 Å². The lowest BCUT2D eigenvalue weighted by Crippen LogP contribution is -2.36. The first-order valence-corrected chi connectivity index (χ1v) is 6.13. The average molecular weight is 242 g/mol. The zero-order valence-corrected chi connectivity index (χ0v) is 10.4. The standard InChI is InChI=1S/C11H15FN2OS/c1-11(2,16-3)7-13-10(15)8-5-4-6-9(12)14-8/h4-6H,7H2,1-3H3,(H,13,15). The highest BCUT2D eigenvalue weighted by molar-refractivity contribution is 7.99. The second kappa shape index (κ2) is 5.30. The summed E-state index contributed by atoms with van der Waals surface area (Å²) in [6.45, 7) is 4.57. The van der Waals surface area contributed by atoms with E-state index in [2.05, 4.69) is 10.3 Å². The molecule has 1 aromatic rings. The van der Waals surface area contributed by atoms with Gasteiger partial charge in [-0.25, -0.2) is 4.98 Å². The second-order valence-corrected chi connectivity index (χ2v) is 5.51. The molecule has 1 rings (SSSR count). The number of nitrogens with zero attached hydrogens (tertiary/aromatic N) is 1. The fourth-order valence-corrected chi connectivity index (χ4v) is 1.21. The lowest BCUT2D eigenvalue weighted by molar-refractivity contribution is 0.0944. The minimum Gasteiger partial charge on any atom is -0.349 e. The van der Waals surface area contributed by atoms with Gasteiger partial charge < -0.3 is 5.32 Å². The van der Waals surface area contributed by atoms with Crippen LogP contribution in [0.5, 0.6) is 0 Å². The first kappa shape index (κ1) is 13.0. The Labute approximate surface area is 98.8 Å². The number of amides is 1. The maximum atomic E-state index is 12.8. The number of aromatic nitrogens is 1. The van der Waals surface area contributed by atoms with Crippen molar-refractivity contribution in [2.75, 3.05) is 12.8 Å². The van der Waals surface area contributed by atoms with Gasteiger partial charge in [0, 0.05) is 11.3 Å². The van der Waals surface area contributed by atoms with Crippen LogP contribution in [0.1, 0.15) is 24.3 Å². The largest absolute Gasteiger partial charge is 0.349 e. The Balaban J connectivity index is 2.60. The summed E-state index contributed by atoms with van der Waals surface area (Å²) in [5.41, 5.74) is 0.108. The third kappa shape index (κ3) is 3.81. The van der Waals surface area contributed by atoms with Gasteiger partial charge >= 0.3 is 0 Å². The van der Waals surface area contributed by atoms with Gasteiger partial charge in [0.05, 0.1) is 0 Å². The second-order valence-electron chi connectivity index (χ2n) is 3.99. The summed E-state index contributed by atoms with van der Waals surface area (Å²) in [7, 11) is 0. The third-order valence-electron chi connectivity index (χ3n) is 2.18. The van der Waals surface area contributed by atoms with E-state index in [0.717, 1.165) is 0 Å². The number of pyridine rings is 1. The lowest BCUT2D eigenvalue weighted by Gasteiger charge is -2.21. The molecule has 3 nitrogen and oxygen atoms in total. The van der Waals surface area contributed by atoms with E-state index in [1.165, 1.54) is 18.2 Å². The molecule has 0 aliphatic rings. The van der Waals surface area contributed by atoms with Crippen LogP contribution in [-0.2, 0) is 0 Å². The highest BCUT2D eigenvalue weighted by Gasteiger charge is 2.18. The van der Waals surface area contributed by atoms with Crippen LogP contribution in [0.15, 0.2) is 18.2 Å². The Morgan fingerprint density at radius 3 is 2.81 bits per heavy atom. The van der Waals surface area contributed by atoms with Gasteiger partial charge in [0.2, 0.25) is 5.95 Å². The Kier molecular flexibility index (Phi) is 4.29. The monoisotopic (exact) mass is 242 g/mol. The van der Waals surface area contributed by atoms with Gasteiger partial charge in [0.25, 0.3) is 5.91 Å². The van der Waals surface area contributed by atoms with Crippen LogP contribution in [0, 0.1) is 5.95 Å². The van der Waals surface area contributed by atoms with Crippen LogP contribution in [0.25, 0.3) is 0 Å². The summed E-state index contributed by atoms with van der Waals surface area (Å²) >= 11 is 1.66. The van der Waals surface area contributed by atoms with Crippen molar-refractivity contribution in [2.45, 2.75) is 18.6 Å². The summed E-state index contributed by atoms with van der Waals surface area (Å²) in [6.07, 6.45) is 1.98. The van der Waals surface area contributed by atoms with E-state index in [1.807, 2.05) is 20.1 Å². The minimum absolute atomic E-state index is 0.0387. The number of thioether (sulfide) groups is 1. The molecule has 0 aliphatic heterocycles. The summed E-state index contributed by atoms with van der Waals surface area (Å²) in [5.74, 6) is -0.988. The molecule has 0 aliphatic carbocycles. The van der Waals surface area contributed by atoms with Gasteiger partial charge in [-0.2, -0.15) is 16.2 Å². The van der Waals surface area contributed by atoms with Gasteiger partial charge in [-0.15, -0.1) is 0 Å². The Morgan fingerprint density at radius 2 is 2.25 bits per heavy atom. The van der Waals surface area contributed by atoms with Crippen molar-refractivity contribution in [3.63, 3.8) is 0 Å². The van der Waals surface area contributed by atoms with Crippen molar-refractivity contribution in [3.05, 3.63) is 29.8 Å². The van der Waals surface area contributed by atoms with Crippen molar-refractivity contribution in [1.82, 2.24) is 10.3 Å².